The molecular formula is C15H25N3O. The Morgan fingerprint density at radius 2 is 1.95 bits per heavy atom. The Morgan fingerprint density at radius 1 is 1.37 bits per heavy atom. The smallest absolute Gasteiger partial charge is 0.147 e. The van der Waals surface area contributed by atoms with Gasteiger partial charge in [-0.1, -0.05) is 42.4 Å². The summed E-state index contributed by atoms with van der Waals surface area (Å²) in [6.45, 7) is 7.28. The lowest BCUT2D eigenvalue weighted by molar-refractivity contribution is 0.149. The number of amidine groups is 1. The summed E-state index contributed by atoms with van der Waals surface area (Å²) in [7, 11) is 2.07. The number of oxime groups is 1. The first kappa shape index (κ1) is 15.5. The second-order valence-corrected chi connectivity index (χ2v) is 5.53. The standard InChI is InChI=1S/C15H25N3O/c1-5-15(2,3)18(4)11-13(14(16)17-19)12-9-7-6-8-10-12/h6-10,13,19H,5,11H2,1-4H3,(H2,16,17). The van der Waals surface area contributed by atoms with Gasteiger partial charge < -0.3 is 15.8 Å². The van der Waals surface area contributed by atoms with E-state index in [1.165, 1.54) is 0 Å². The number of nitrogens with zero attached hydrogens (tertiary/aromatic N) is 2. The van der Waals surface area contributed by atoms with E-state index < -0.39 is 0 Å². The van der Waals surface area contributed by atoms with E-state index in [4.69, 9.17) is 10.9 Å². The lowest BCUT2D eigenvalue weighted by Gasteiger charge is -2.37. The van der Waals surface area contributed by atoms with Crippen LogP contribution in [0.3, 0.4) is 0 Å². The fourth-order valence-corrected chi connectivity index (χ4v) is 1.92. The Balaban J connectivity index is 2.95. The van der Waals surface area contributed by atoms with E-state index in [2.05, 4.69) is 37.9 Å². The molecule has 0 aromatic heterocycles. The molecule has 19 heavy (non-hydrogen) atoms. The summed E-state index contributed by atoms with van der Waals surface area (Å²) in [5, 5.41) is 12.2. The monoisotopic (exact) mass is 263 g/mol. The maximum atomic E-state index is 8.98. The average molecular weight is 263 g/mol. The third-order valence-electron chi connectivity index (χ3n) is 4.03. The first-order chi connectivity index (χ1) is 8.92. The van der Waals surface area contributed by atoms with E-state index in [-0.39, 0.29) is 17.3 Å². The fraction of sp³-hybridized carbons (Fsp3) is 0.533. The molecule has 106 valence electrons. The molecule has 1 aromatic carbocycles. The first-order valence-electron chi connectivity index (χ1n) is 6.66. The molecule has 0 radical (unpaired) electrons. The van der Waals surface area contributed by atoms with Crippen LogP contribution in [0.2, 0.25) is 0 Å². The molecule has 1 unspecified atom stereocenters. The average Bonchev–Trinajstić information content (AvgIpc) is 2.44. The molecule has 0 aliphatic rings. The van der Waals surface area contributed by atoms with Crippen molar-refractivity contribution in [3.63, 3.8) is 0 Å². The van der Waals surface area contributed by atoms with Crippen LogP contribution < -0.4 is 5.73 Å². The van der Waals surface area contributed by atoms with Crippen LogP contribution in [0.1, 0.15) is 38.7 Å². The largest absolute Gasteiger partial charge is 0.409 e. The molecule has 0 aliphatic carbocycles. The molecule has 1 atom stereocenters. The van der Waals surface area contributed by atoms with E-state index in [0.29, 0.717) is 0 Å². The zero-order valence-electron chi connectivity index (χ0n) is 12.3. The first-order valence-corrected chi connectivity index (χ1v) is 6.66. The van der Waals surface area contributed by atoms with Crippen LogP contribution in [0, 0.1) is 0 Å². The van der Waals surface area contributed by atoms with Crippen LogP contribution in [0.15, 0.2) is 35.5 Å². The highest BCUT2D eigenvalue weighted by Crippen LogP contribution is 2.23. The van der Waals surface area contributed by atoms with Crippen LogP contribution in [-0.2, 0) is 0 Å². The molecule has 4 heteroatoms. The number of benzene rings is 1. The second kappa shape index (κ2) is 6.57. The molecule has 3 N–H and O–H groups in total. The Morgan fingerprint density at radius 3 is 2.42 bits per heavy atom. The van der Waals surface area contributed by atoms with Gasteiger partial charge in [0.1, 0.15) is 5.84 Å². The third kappa shape index (κ3) is 3.96. The van der Waals surface area contributed by atoms with E-state index >= 15 is 0 Å². The topological polar surface area (TPSA) is 61.8 Å². The van der Waals surface area contributed by atoms with Crippen molar-refractivity contribution in [1.82, 2.24) is 4.90 Å². The second-order valence-electron chi connectivity index (χ2n) is 5.53. The molecule has 1 rings (SSSR count). The van der Waals surface area contributed by atoms with Crippen molar-refractivity contribution >= 4 is 5.84 Å². The molecule has 1 aromatic rings. The summed E-state index contributed by atoms with van der Waals surface area (Å²) >= 11 is 0. The van der Waals surface area contributed by atoms with Crippen LogP contribution in [-0.4, -0.2) is 35.1 Å². The number of rotatable bonds is 6. The minimum Gasteiger partial charge on any atom is -0.409 e. The quantitative estimate of drug-likeness (QED) is 0.359. The van der Waals surface area contributed by atoms with Crippen molar-refractivity contribution in [3.05, 3.63) is 35.9 Å². The van der Waals surface area contributed by atoms with Gasteiger partial charge in [-0.2, -0.15) is 0 Å². The summed E-state index contributed by atoms with van der Waals surface area (Å²) in [4.78, 5) is 2.25. The fourth-order valence-electron chi connectivity index (χ4n) is 1.92. The van der Waals surface area contributed by atoms with Gasteiger partial charge in [-0.15, -0.1) is 0 Å². The zero-order chi connectivity index (χ0) is 14.5. The van der Waals surface area contributed by atoms with Crippen LogP contribution in [0.25, 0.3) is 0 Å². The highest BCUT2D eigenvalue weighted by Gasteiger charge is 2.26. The molecule has 4 nitrogen and oxygen atoms in total. The maximum absolute atomic E-state index is 8.98. The molecule has 0 amide bonds. The lowest BCUT2D eigenvalue weighted by atomic mass is 9.93. The SMILES string of the molecule is CCC(C)(C)N(C)CC(C(N)=NO)c1ccccc1. The predicted octanol–water partition coefficient (Wildman–Crippen LogP) is 2.64. The maximum Gasteiger partial charge on any atom is 0.147 e. The van der Waals surface area contributed by atoms with Crippen molar-refractivity contribution < 1.29 is 5.21 Å². The molecule has 0 spiro atoms. The van der Waals surface area contributed by atoms with E-state index in [9.17, 15) is 0 Å². The van der Waals surface area contributed by atoms with Crippen LogP contribution in [0.4, 0.5) is 0 Å². The van der Waals surface area contributed by atoms with Crippen LogP contribution >= 0.6 is 0 Å². The molecular weight excluding hydrogens is 238 g/mol. The van der Waals surface area contributed by atoms with Gasteiger partial charge >= 0.3 is 0 Å². The van der Waals surface area contributed by atoms with Crippen molar-refractivity contribution in [2.24, 2.45) is 10.9 Å². The van der Waals surface area contributed by atoms with Crippen LogP contribution in [0.5, 0.6) is 0 Å². The summed E-state index contributed by atoms with van der Waals surface area (Å²) in [6, 6.07) is 9.92. The van der Waals surface area contributed by atoms with Gasteiger partial charge in [0.05, 0.1) is 5.92 Å². The summed E-state index contributed by atoms with van der Waals surface area (Å²) in [5.74, 6) is 0.159. The highest BCUT2D eigenvalue weighted by atomic mass is 16.4. The highest BCUT2D eigenvalue weighted by molar-refractivity contribution is 5.87. The Kier molecular flexibility index (Phi) is 5.36. The molecule has 0 bridgehead atoms. The number of nitrogens with two attached hydrogens (primary N) is 1. The number of hydrogen-bond donors (Lipinski definition) is 2. The lowest BCUT2D eigenvalue weighted by Crippen LogP contribution is -2.44. The summed E-state index contributed by atoms with van der Waals surface area (Å²) < 4.78 is 0. The Hall–Kier alpha value is -1.55. The number of likely N-dealkylation sites (N-methyl/N-ethyl adjacent to an activating group) is 1. The molecule has 0 heterocycles. The minimum absolute atomic E-state index is 0.0861. The zero-order valence-corrected chi connectivity index (χ0v) is 12.3. The van der Waals surface area contributed by atoms with Gasteiger partial charge in [-0.05, 0) is 32.9 Å². The summed E-state index contributed by atoms with van der Waals surface area (Å²) in [6.07, 6.45) is 1.04. The van der Waals surface area contributed by atoms with E-state index in [0.717, 1.165) is 18.5 Å². The predicted molar refractivity (Wildman–Crippen MR) is 79.6 cm³/mol. The van der Waals surface area contributed by atoms with Gasteiger partial charge in [0.2, 0.25) is 0 Å². The third-order valence-corrected chi connectivity index (χ3v) is 4.03. The summed E-state index contributed by atoms with van der Waals surface area (Å²) in [5.41, 5.74) is 7.01. The molecule has 0 fully saturated rings. The molecule has 0 saturated carbocycles. The number of hydrogen-bond acceptors (Lipinski definition) is 3. The van der Waals surface area contributed by atoms with Gasteiger partial charge in [0.25, 0.3) is 0 Å². The molecule has 0 saturated heterocycles. The van der Waals surface area contributed by atoms with E-state index in [1.54, 1.807) is 0 Å². The Labute approximate surface area is 115 Å². The minimum atomic E-state index is -0.0953. The van der Waals surface area contributed by atoms with Crippen molar-refractivity contribution in [3.8, 4) is 0 Å². The molecule has 0 aliphatic heterocycles. The van der Waals surface area contributed by atoms with Gasteiger partial charge in [-0.3, -0.25) is 0 Å². The normalized spacial score (nSPS) is 14.7. The van der Waals surface area contributed by atoms with Gasteiger partial charge in [-0.25, -0.2) is 0 Å². The van der Waals surface area contributed by atoms with Gasteiger partial charge in [0.15, 0.2) is 0 Å². The Bertz CT molecular complexity index is 415. The van der Waals surface area contributed by atoms with E-state index in [1.807, 2.05) is 30.3 Å². The van der Waals surface area contributed by atoms with Crippen molar-refractivity contribution in [2.75, 3.05) is 13.6 Å². The van der Waals surface area contributed by atoms with Crippen molar-refractivity contribution in [2.45, 2.75) is 38.6 Å². The van der Waals surface area contributed by atoms with Gasteiger partial charge in [0, 0.05) is 12.1 Å². The van der Waals surface area contributed by atoms with Crippen molar-refractivity contribution in [1.29, 1.82) is 0 Å².